The summed E-state index contributed by atoms with van der Waals surface area (Å²) in [5, 5.41) is 16.4. The molecule has 1 N–H and O–H groups in total. The van der Waals surface area contributed by atoms with Gasteiger partial charge in [-0.25, -0.2) is 4.39 Å². The van der Waals surface area contributed by atoms with E-state index in [0.717, 1.165) is 29.5 Å². The number of hydrogen-bond donors (Lipinski definition) is 1. The number of aromatic amines is 1. The Labute approximate surface area is 190 Å². The fourth-order valence-corrected chi connectivity index (χ4v) is 3.85. The predicted octanol–water partition coefficient (Wildman–Crippen LogP) is 5.05. The summed E-state index contributed by atoms with van der Waals surface area (Å²) in [5.41, 5.74) is 4.13. The molecule has 0 radical (unpaired) electrons. The van der Waals surface area contributed by atoms with Gasteiger partial charge in [-0.05, 0) is 60.4 Å². The van der Waals surface area contributed by atoms with Crippen molar-refractivity contribution in [1.82, 2.24) is 15.1 Å². The molecule has 0 bridgehead atoms. The third-order valence-corrected chi connectivity index (χ3v) is 5.75. The van der Waals surface area contributed by atoms with Crippen molar-refractivity contribution < 1.29 is 13.9 Å². The summed E-state index contributed by atoms with van der Waals surface area (Å²) in [6.45, 7) is 0.294. The Balaban J connectivity index is 1.44. The van der Waals surface area contributed by atoms with E-state index in [4.69, 9.17) is 4.74 Å². The number of nitrogens with zero attached hydrogens (tertiary/aromatic N) is 3. The molecule has 3 aromatic carbocycles. The number of rotatable bonds is 6. The fraction of sp³-hybridized carbons (Fsp3) is 0.192. The van der Waals surface area contributed by atoms with Crippen LogP contribution in [0.1, 0.15) is 34.3 Å². The number of nitriles is 1. The van der Waals surface area contributed by atoms with Gasteiger partial charge >= 0.3 is 0 Å². The number of benzene rings is 3. The first-order valence-corrected chi connectivity index (χ1v) is 10.7. The van der Waals surface area contributed by atoms with Crippen molar-refractivity contribution in [2.45, 2.75) is 25.5 Å². The average Bonchev–Trinajstić information content (AvgIpc) is 3.50. The molecule has 1 fully saturated rings. The maximum absolute atomic E-state index is 14.0. The Hall–Kier alpha value is -4.18. The van der Waals surface area contributed by atoms with E-state index in [2.05, 4.69) is 16.3 Å². The summed E-state index contributed by atoms with van der Waals surface area (Å²) >= 11 is 0. The molecule has 1 aromatic heterocycles. The van der Waals surface area contributed by atoms with Crippen LogP contribution in [0.2, 0.25) is 0 Å². The molecule has 164 valence electrons. The quantitative estimate of drug-likeness (QED) is 0.455. The lowest BCUT2D eigenvalue weighted by Crippen LogP contribution is -2.26. The first-order valence-electron chi connectivity index (χ1n) is 10.7. The van der Waals surface area contributed by atoms with Gasteiger partial charge in [-0.2, -0.15) is 10.4 Å². The maximum Gasteiger partial charge on any atom is 0.254 e. The second-order valence-electron chi connectivity index (χ2n) is 8.25. The Morgan fingerprint density at radius 2 is 2.09 bits per heavy atom. The Morgan fingerprint density at radius 1 is 1.24 bits per heavy atom. The Bertz CT molecular complexity index is 1400. The predicted molar refractivity (Wildman–Crippen MR) is 122 cm³/mol. The van der Waals surface area contributed by atoms with Gasteiger partial charge in [0.2, 0.25) is 0 Å². The summed E-state index contributed by atoms with van der Waals surface area (Å²) < 4.78 is 20.1. The molecule has 7 heteroatoms. The number of halogens is 1. The number of hydrogen-bond acceptors (Lipinski definition) is 4. The van der Waals surface area contributed by atoms with Crippen LogP contribution in [0.3, 0.4) is 0 Å². The average molecular weight is 440 g/mol. The molecule has 0 unspecified atom stereocenters. The molecule has 1 aliphatic carbocycles. The van der Waals surface area contributed by atoms with E-state index in [0.29, 0.717) is 34.3 Å². The SMILES string of the molecule is CN(Cc1ccc(F)c2cn[nH]c12)C(=O)c1ccc(-c2cccc(C#N)c2)c(OC2CC2)c1. The molecule has 6 nitrogen and oxygen atoms in total. The minimum atomic E-state index is -0.352. The molecule has 1 aliphatic rings. The zero-order valence-corrected chi connectivity index (χ0v) is 18.0. The van der Waals surface area contributed by atoms with Crippen LogP contribution in [0.5, 0.6) is 5.75 Å². The van der Waals surface area contributed by atoms with E-state index < -0.39 is 0 Å². The molecular weight excluding hydrogens is 419 g/mol. The van der Waals surface area contributed by atoms with Crippen molar-refractivity contribution in [2.75, 3.05) is 7.05 Å². The largest absolute Gasteiger partial charge is 0.490 e. The first-order chi connectivity index (χ1) is 16.0. The summed E-state index contributed by atoms with van der Waals surface area (Å²) in [6, 6.07) is 17.9. The van der Waals surface area contributed by atoms with Gasteiger partial charge in [-0.1, -0.05) is 18.2 Å². The molecule has 4 aromatic rings. The van der Waals surface area contributed by atoms with Crippen LogP contribution in [-0.4, -0.2) is 34.2 Å². The van der Waals surface area contributed by atoms with Crippen LogP contribution in [0.25, 0.3) is 22.0 Å². The van der Waals surface area contributed by atoms with Crippen molar-refractivity contribution in [1.29, 1.82) is 5.26 Å². The number of carbonyl (C=O) groups is 1. The van der Waals surface area contributed by atoms with E-state index in [1.54, 1.807) is 36.2 Å². The lowest BCUT2D eigenvalue weighted by atomic mass is 10.00. The third kappa shape index (κ3) is 4.15. The lowest BCUT2D eigenvalue weighted by Gasteiger charge is -2.19. The van der Waals surface area contributed by atoms with Crippen molar-refractivity contribution in [3.05, 3.63) is 83.3 Å². The number of ether oxygens (including phenoxy) is 1. The molecular formula is C26H21FN4O2. The van der Waals surface area contributed by atoms with Gasteiger partial charge in [0.1, 0.15) is 11.6 Å². The van der Waals surface area contributed by atoms with Gasteiger partial charge in [0.15, 0.2) is 0 Å². The fourth-order valence-electron chi connectivity index (χ4n) is 3.85. The second kappa shape index (κ2) is 8.40. The molecule has 1 heterocycles. The minimum absolute atomic E-state index is 0.152. The van der Waals surface area contributed by atoms with Crippen LogP contribution < -0.4 is 4.74 Å². The number of nitrogens with one attached hydrogen (secondary N) is 1. The van der Waals surface area contributed by atoms with Crippen LogP contribution >= 0.6 is 0 Å². The van der Waals surface area contributed by atoms with Gasteiger partial charge in [-0.3, -0.25) is 9.89 Å². The van der Waals surface area contributed by atoms with E-state index in [9.17, 15) is 14.4 Å². The standard InChI is InChI=1S/C26H21FN4O2/c1-31(15-19-6-10-23(27)22-14-29-30-25(19)22)26(32)18-5-9-21(24(12-18)33-20-7-8-20)17-4-2-3-16(11-17)13-28/h2-6,9-12,14,20H,7-8,15H2,1H3,(H,29,30). The lowest BCUT2D eigenvalue weighted by molar-refractivity contribution is 0.0785. The summed E-state index contributed by atoms with van der Waals surface area (Å²) in [6.07, 6.45) is 3.57. The van der Waals surface area contributed by atoms with Crippen molar-refractivity contribution in [3.63, 3.8) is 0 Å². The molecule has 5 rings (SSSR count). The molecule has 1 amide bonds. The van der Waals surface area contributed by atoms with E-state index >= 15 is 0 Å². The molecule has 0 spiro atoms. The van der Waals surface area contributed by atoms with Gasteiger partial charge in [0.25, 0.3) is 5.91 Å². The molecule has 1 saturated carbocycles. The second-order valence-corrected chi connectivity index (χ2v) is 8.25. The third-order valence-electron chi connectivity index (χ3n) is 5.75. The maximum atomic E-state index is 14.0. The molecule has 33 heavy (non-hydrogen) atoms. The van der Waals surface area contributed by atoms with Crippen molar-refractivity contribution in [3.8, 4) is 22.9 Å². The summed E-state index contributed by atoms with van der Waals surface area (Å²) in [4.78, 5) is 14.8. The summed E-state index contributed by atoms with van der Waals surface area (Å²) in [7, 11) is 1.71. The highest BCUT2D eigenvalue weighted by atomic mass is 19.1. The smallest absolute Gasteiger partial charge is 0.254 e. The monoisotopic (exact) mass is 440 g/mol. The molecule has 0 aliphatic heterocycles. The van der Waals surface area contributed by atoms with Crippen LogP contribution in [0.4, 0.5) is 4.39 Å². The van der Waals surface area contributed by atoms with Gasteiger partial charge in [0.05, 0.1) is 34.8 Å². The van der Waals surface area contributed by atoms with E-state index in [-0.39, 0.29) is 17.8 Å². The van der Waals surface area contributed by atoms with E-state index in [1.807, 2.05) is 24.3 Å². The number of carbonyl (C=O) groups excluding carboxylic acids is 1. The molecule has 0 saturated heterocycles. The zero-order chi connectivity index (χ0) is 22.9. The molecule has 0 atom stereocenters. The van der Waals surface area contributed by atoms with Crippen LogP contribution in [0, 0.1) is 17.1 Å². The topological polar surface area (TPSA) is 82.0 Å². The number of H-pyrrole nitrogens is 1. The van der Waals surface area contributed by atoms with Crippen LogP contribution in [0.15, 0.2) is 60.8 Å². The highest BCUT2D eigenvalue weighted by Gasteiger charge is 2.26. The van der Waals surface area contributed by atoms with Gasteiger partial charge < -0.3 is 9.64 Å². The highest BCUT2D eigenvalue weighted by Crippen LogP contribution is 2.36. The van der Waals surface area contributed by atoms with Crippen molar-refractivity contribution in [2.24, 2.45) is 0 Å². The van der Waals surface area contributed by atoms with Gasteiger partial charge in [0, 0.05) is 24.7 Å². The Kier molecular flexibility index (Phi) is 5.27. The Morgan fingerprint density at radius 3 is 2.88 bits per heavy atom. The van der Waals surface area contributed by atoms with Gasteiger partial charge in [-0.15, -0.1) is 0 Å². The minimum Gasteiger partial charge on any atom is -0.490 e. The normalized spacial score (nSPS) is 13.0. The zero-order valence-electron chi connectivity index (χ0n) is 18.0. The van der Waals surface area contributed by atoms with Crippen molar-refractivity contribution >= 4 is 16.8 Å². The number of fused-ring (bicyclic) bond motifs is 1. The highest BCUT2D eigenvalue weighted by molar-refractivity contribution is 5.96. The van der Waals surface area contributed by atoms with Crippen LogP contribution in [-0.2, 0) is 6.54 Å². The number of amides is 1. The number of aromatic nitrogens is 2. The first kappa shape index (κ1) is 20.7. The summed E-state index contributed by atoms with van der Waals surface area (Å²) in [5.74, 6) is 0.101. The van der Waals surface area contributed by atoms with E-state index in [1.165, 1.54) is 12.3 Å².